The summed E-state index contributed by atoms with van der Waals surface area (Å²) in [4.78, 5) is 21.3. The molecular formula is C12H16N2O5. The first-order valence-electron chi connectivity index (χ1n) is 5.79. The molecule has 0 bridgehead atoms. The number of para-hydroxylation sites is 1. The van der Waals surface area contributed by atoms with Gasteiger partial charge < -0.3 is 15.2 Å². The van der Waals surface area contributed by atoms with Crippen molar-refractivity contribution in [2.24, 2.45) is 0 Å². The van der Waals surface area contributed by atoms with Crippen LogP contribution in [0.5, 0.6) is 0 Å². The van der Waals surface area contributed by atoms with Crippen molar-refractivity contribution >= 4 is 17.3 Å². The van der Waals surface area contributed by atoms with Crippen molar-refractivity contribution in [1.29, 1.82) is 0 Å². The molecule has 7 heteroatoms. The van der Waals surface area contributed by atoms with E-state index in [1.165, 1.54) is 18.2 Å². The number of carboxylic acids is 1. The van der Waals surface area contributed by atoms with E-state index in [0.717, 1.165) is 0 Å². The standard InChI is InChI=1S/C12H16N2O5/c1-8(2)19-7-6-13-11-9(12(15)16)4-3-5-10(11)14(17)18/h3-5,8,13H,6-7H2,1-2H3,(H,15,16). The van der Waals surface area contributed by atoms with Crippen LogP contribution in [0.4, 0.5) is 11.4 Å². The number of nitro benzene ring substituents is 1. The van der Waals surface area contributed by atoms with Crippen molar-refractivity contribution in [2.45, 2.75) is 20.0 Å². The van der Waals surface area contributed by atoms with E-state index in [2.05, 4.69) is 5.32 Å². The number of nitro groups is 1. The lowest BCUT2D eigenvalue weighted by Gasteiger charge is -2.11. The topological polar surface area (TPSA) is 102 Å². The number of nitrogens with zero attached hydrogens (tertiary/aromatic N) is 1. The van der Waals surface area contributed by atoms with E-state index in [1.54, 1.807) is 0 Å². The van der Waals surface area contributed by atoms with Gasteiger partial charge >= 0.3 is 5.97 Å². The molecule has 0 saturated carbocycles. The monoisotopic (exact) mass is 268 g/mol. The number of carbonyl (C=O) groups is 1. The average molecular weight is 268 g/mol. The number of nitrogens with one attached hydrogen (secondary N) is 1. The van der Waals surface area contributed by atoms with Crippen LogP contribution >= 0.6 is 0 Å². The number of carboxylic acid groups (broad SMARTS) is 1. The van der Waals surface area contributed by atoms with Crippen LogP contribution in [0.2, 0.25) is 0 Å². The van der Waals surface area contributed by atoms with Gasteiger partial charge in [-0.25, -0.2) is 4.79 Å². The second kappa shape index (κ2) is 6.69. The van der Waals surface area contributed by atoms with Crippen LogP contribution in [-0.4, -0.2) is 35.3 Å². The van der Waals surface area contributed by atoms with E-state index in [-0.39, 0.29) is 23.0 Å². The highest BCUT2D eigenvalue weighted by Gasteiger charge is 2.20. The summed E-state index contributed by atoms with van der Waals surface area (Å²) in [5, 5.41) is 22.7. The molecule has 0 aliphatic carbocycles. The Morgan fingerprint density at radius 2 is 2.21 bits per heavy atom. The molecule has 0 saturated heterocycles. The van der Waals surface area contributed by atoms with Gasteiger partial charge in [0.15, 0.2) is 0 Å². The third-order valence-electron chi connectivity index (χ3n) is 2.32. The maximum absolute atomic E-state index is 11.0. The smallest absolute Gasteiger partial charge is 0.338 e. The van der Waals surface area contributed by atoms with Crippen molar-refractivity contribution < 1.29 is 19.6 Å². The first-order chi connectivity index (χ1) is 8.93. The summed E-state index contributed by atoms with van der Waals surface area (Å²) >= 11 is 0. The summed E-state index contributed by atoms with van der Waals surface area (Å²) in [7, 11) is 0. The van der Waals surface area contributed by atoms with Crippen LogP contribution in [0, 0.1) is 10.1 Å². The Morgan fingerprint density at radius 1 is 1.53 bits per heavy atom. The molecule has 1 aromatic carbocycles. The Hall–Kier alpha value is -2.15. The predicted octanol–water partition coefficient (Wildman–Crippen LogP) is 2.13. The van der Waals surface area contributed by atoms with Crippen molar-refractivity contribution in [2.75, 3.05) is 18.5 Å². The minimum atomic E-state index is -1.21. The van der Waals surface area contributed by atoms with E-state index in [9.17, 15) is 14.9 Å². The second-order valence-electron chi connectivity index (χ2n) is 4.11. The first kappa shape index (κ1) is 14.9. The molecule has 7 nitrogen and oxygen atoms in total. The van der Waals surface area contributed by atoms with Crippen molar-refractivity contribution in [3.63, 3.8) is 0 Å². The molecular weight excluding hydrogens is 252 g/mol. The van der Waals surface area contributed by atoms with Gasteiger partial charge in [-0.3, -0.25) is 10.1 Å². The Morgan fingerprint density at radius 3 is 2.74 bits per heavy atom. The molecule has 0 fully saturated rings. The van der Waals surface area contributed by atoms with E-state index >= 15 is 0 Å². The van der Waals surface area contributed by atoms with Crippen LogP contribution in [0.3, 0.4) is 0 Å². The van der Waals surface area contributed by atoms with Crippen LogP contribution in [0.25, 0.3) is 0 Å². The normalized spacial score (nSPS) is 10.5. The Kier molecular flexibility index (Phi) is 5.25. The average Bonchev–Trinajstić information content (AvgIpc) is 2.33. The summed E-state index contributed by atoms with van der Waals surface area (Å²) < 4.78 is 5.28. The fraction of sp³-hybridized carbons (Fsp3) is 0.417. The molecule has 104 valence electrons. The van der Waals surface area contributed by atoms with Gasteiger partial charge in [-0.1, -0.05) is 6.07 Å². The molecule has 0 radical (unpaired) electrons. The van der Waals surface area contributed by atoms with Crippen LogP contribution in [-0.2, 0) is 4.74 Å². The molecule has 0 amide bonds. The highest BCUT2D eigenvalue weighted by molar-refractivity contribution is 5.96. The molecule has 0 unspecified atom stereocenters. The molecule has 0 aromatic heterocycles. The zero-order valence-electron chi connectivity index (χ0n) is 10.8. The lowest BCUT2D eigenvalue weighted by Crippen LogP contribution is -2.16. The summed E-state index contributed by atoms with van der Waals surface area (Å²) in [6.45, 7) is 4.37. The van der Waals surface area contributed by atoms with Gasteiger partial charge in [0.2, 0.25) is 0 Å². The molecule has 1 aromatic rings. The fourth-order valence-electron chi connectivity index (χ4n) is 1.53. The minimum Gasteiger partial charge on any atom is -0.478 e. The molecule has 19 heavy (non-hydrogen) atoms. The molecule has 0 spiro atoms. The van der Waals surface area contributed by atoms with Crippen molar-refractivity contribution in [1.82, 2.24) is 0 Å². The van der Waals surface area contributed by atoms with Gasteiger partial charge in [0.25, 0.3) is 5.69 Å². The molecule has 0 atom stereocenters. The molecule has 2 N–H and O–H groups in total. The van der Waals surface area contributed by atoms with Gasteiger partial charge in [0.1, 0.15) is 5.69 Å². The Labute approximate surface area is 110 Å². The van der Waals surface area contributed by atoms with Crippen LogP contribution in [0.15, 0.2) is 18.2 Å². The van der Waals surface area contributed by atoms with Crippen molar-refractivity contribution in [3.8, 4) is 0 Å². The Balaban J connectivity index is 2.89. The summed E-state index contributed by atoms with van der Waals surface area (Å²) in [6.07, 6.45) is 0.0477. The molecule has 0 aliphatic rings. The number of aromatic carboxylic acids is 1. The number of hydrogen-bond donors (Lipinski definition) is 2. The number of hydrogen-bond acceptors (Lipinski definition) is 5. The number of rotatable bonds is 7. The predicted molar refractivity (Wildman–Crippen MR) is 69.6 cm³/mol. The largest absolute Gasteiger partial charge is 0.478 e. The van der Waals surface area contributed by atoms with Crippen LogP contribution < -0.4 is 5.32 Å². The highest BCUT2D eigenvalue weighted by atomic mass is 16.6. The SMILES string of the molecule is CC(C)OCCNc1c(C(=O)O)cccc1[N+](=O)[O-]. The first-order valence-corrected chi connectivity index (χ1v) is 5.79. The van der Waals surface area contributed by atoms with Gasteiger partial charge in [-0.15, -0.1) is 0 Å². The Bertz CT molecular complexity index is 441. The fourth-order valence-corrected chi connectivity index (χ4v) is 1.53. The van der Waals surface area contributed by atoms with Crippen molar-refractivity contribution in [3.05, 3.63) is 33.9 Å². The molecule has 0 aliphatic heterocycles. The van der Waals surface area contributed by atoms with Gasteiger partial charge in [0.05, 0.1) is 23.2 Å². The maximum Gasteiger partial charge on any atom is 0.338 e. The zero-order chi connectivity index (χ0) is 14.4. The summed E-state index contributed by atoms with van der Waals surface area (Å²) in [6, 6.07) is 3.93. The number of ether oxygens (including phenoxy) is 1. The van der Waals surface area contributed by atoms with Gasteiger partial charge in [-0.2, -0.15) is 0 Å². The number of anilines is 1. The highest BCUT2D eigenvalue weighted by Crippen LogP contribution is 2.28. The third kappa shape index (κ3) is 4.22. The van der Waals surface area contributed by atoms with Crippen LogP contribution in [0.1, 0.15) is 24.2 Å². The van der Waals surface area contributed by atoms with Gasteiger partial charge in [0, 0.05) is 12.6 Å². The van der Waals surface area contributed by atoms with E-state index < -0.39 is 10.9 Å². The minimum absolute atomic E-state index is 0.00681. The summed E-state index contributed by atoms with van der Waals surface area (Å²) in [5.74, 6) is -1.21. The molecule has 1 rings (SSSR count). The lowest BCUT2D eigenvalue weighted by molar-refractivity contribution is -0.384. The van der Waals surface area contributed by atoms with E-state index in [4.69, 9.17) is 9.84 Å². The number of benzene rings is 1. The summed E-state index contributed by atoms with van der Waals surface area (Å²) in [5.41, 5.74) is -0.379. The third-order valence-corrected chi connectivity index (χ3v) is 2.32. The van der Waals surface area contributed by atoms with E-state index in [1.807, 2.05) is 13.8 Å². The van der Waals surface area contributed by atoms with E-state index in [0.29, 0.717) is 13.2 Å². The quantitative estimate of drug-likeness (QED) is 0.446. The molecule has 0 heterocycles. The zero-order valence-corrected chi connectivity index (χ0v) is 10.8. The maximum atomic E-state index is 11.0. The lowest BCUT2D eigenvalue weighted by atomic mass is 10.1. The second-order valence-corrected chi connectivity index (χ2v) is 4.11. The van der Waals surface area contributed by atoms with Gasteiger partial charge in [-0.05, 0) is 19.9 Å².